The number of hydrogen-bond acceptors (Lipinski definition) is 3. The number of hydrogen-bond donors (Lipinski definition) is 0. The van der Waals surface area contributed by atoms with Gasteiger partial charge in [0.05, 0.1) is 0 Å². The van der Waals surface area contributed by atoms with Crippen LogP contribution in [-0.2, 0) is 13.0 Å². The zero-order chi connectivity index (χ0) is 19.3. The smallest absolute Gasteiger partial charge is 0.403 e. The number of pyridine rings is 1. The average molecular weight is 391 g/mol. The third kappa shape index (κ3) is 6.80. The molecule has 0 radical (unpaired) electrons. The van der Waals surface area contributed by atoms with Gasteiger partial charge in [-0.25, -0.2) is 9.37 Å². The minimum absolute atomic E-state index is 0.175. The molecule has 0 aliphatic heterocycles. The van der Waals surface area contributed by atoms with Crippen molar-refractivity contribution in [3.05, 3.63) is 58.6 Å². The van der Waals surface area contributed by atoms with Gasteiger partial charge >= 0.3 is 6.36 Å². The van der Waals surface area contributed by atoms with Crippen LogP contribution in [0.15, 0.2) is 36.5 Å². The molecule has 2 rings (SSSR count). The largest absolute Gasteiger partial charge is 0.573 e. The predicted molar refractivity (Wildman–Crippen MR) is 91.5 cm³/mol. The Bertz CT molecular complexity index is 722. The van der Waals surface area contributed by atoms with Crippen molar-refractivity contribution in [2.45, 2.75) is 26.3 Å². The molecule has 1 unspecified atom stereocenters. The molecule has 3 nitrogen and oxygen atoms in total. The third-order valence-electron chi connectivity index (χ3n) is 3.67. The van der Waals surface area contributed by atoms with E-state index < -0.39 is 17.9 Å². The lowest BCUT2D eigenvalue weighted by Gasteiger charge is -2.21. The molecule has 8 heteroatoms. The van der Waals surface area contributed by atoms with Crippen molar-refractivity contribution in [1.29, 1.82) is 0 Å². The van der Waals surface area contributed by atoms with Crippen LogP contribution < -0.4 is 4.74 Å². The second-order valence-corrected chi connectivity index (χ2v) is 6.70. The monoisotopic (exact) mass is 390 g/mol. The van der Waals surface area contributed by atoms with Gasteiger partial charge in [-0.1, -0.05) is 30.7 Å². The molecule has 1 heterocycles. The maximum Gasteiger partial charge on any atom is 0.573 e. The zero-order valence-corrected chi connectivity index (χ0v) is 15.1. The van der Waals surface area contributed by atoms with Gasteiger partial charge in [-0.2, -0.15) is 0 Å². The topological polar surface area (TPSA) is 25.4 Å². The predicted octanol–water partition coefficient (Wildman–Crippen LogP) is 5.08. The highest BCUT2D eigenvalue weighted by atomic mass is 35.5. The molecule has 1 aromatic carbocycles. The summed E-state index contributed by atoms with van der Waals surface area (Å²) in [7, 11) is 1.95. The van der Waals surface area contributed by atoms with E-state index in [1.54, 1.807) is 12.3 Å². The number of nitrogens with zero attached hydrogens (tertiary/aromatic N) is 2. The van der Waals surface area contributed by atoms with E-state index in [4.69, 9.17) is 11.6 Å². The highest BCUT2D eigenvalue weighted by molar-refractivity contribution is 6.29. The highest BCUT2D eigenvalue weighted by Crippen LogP contribution is 2.26. The van der Waals surface area contributed by atoms with Crippen molar-refractivity contribution in [2.24, 2.45) is 5.92 Å². The standard InChI is InChI=1S/C18H19ClF4N2O/c1-12(10-25(2)11-14-4-6-17(19)24-9-14)7-13-3-5-16(15(20)8-13)26-18(21,22)23/h3-6,8-9,12H,7,10-11H2,1-2H3. The van der Waals surface area contributed by atoms with Crippen LogP contribution in [0.4, 0.5) is 17.6 Å². The number of aromatic nitrogens is 1. The maximum atomic E-state index is 13.8. The Labute approximate surface area is 154 Å². The molecule has 142 valence electrons. The number of rotatable bonds is 7. The number of halogens is 5. The van der Waals surface area contributed by atoms with E-state index in [-0.39, 0.29) is 5.92 Å². The molecule has 0 aliphatic carbocycles. The van der Waals surface area contributed by atoms with E-state index in [1.807, 2.05) is 20.0 Å². The Kier molecular flexibility index (Phi) is 6.83. The van der Waals surface area contributed by atoms with E-state index in [1.165, 1.54) is 6.07 Å². The zero-order valence-electron chi connectivity index (χ0n) is 14.4. The van der Waals surface area contributed by atoms with Gasteiger partial charge in [-0.15, -0.1) is 13.2 Å². The maximum absolute atomic E-state index is 13.8. The Balaban J connectivity index is 1.89. The van der Waals surface area contributed by atoms with Crippen LogP contribution in [0.1, 0.15) is 18.1 Å². The summed E-state index contributed by atoms with van der Waals surface area (Å²) in [6.45, 7) is 3.40. The molecule has 2 aromatic rings. The van der Waals surface area contributed by atoms with Crippen LogP contribution >= 0.6 is 11.6 Å². The number of benzene rings is 1. The molecule has 0 bridgehead atoms. The quantitative estimate of drug-likeness (QED) is 0.486. The average Bonchev–Trinajstić information content (AvgIpc) is 2.51. The van der Waals surface area contributed by atoms with Crippen molar-refractivity contribution in [3.8, 4) is 5.75 Å². The molecule has 0 saturated carbocycles. The van der Waals surface area contributed by atoms with E-state index >= 15 is 0 Å². The van der Waals surface area contributed by atoms with Gasteiger partial charge in [0.1, 0.15) is 5.15 Å². The van der Waals surface area contributed by atoms with Crippen molar-refractivity contribution < 1.29 is 22.3 Å². The fourth-order valence-electron chi connectivity index (χ4n) is 2.75. The van der Waals surface area contributed by atoms with Gasteiger partial charge in [0, 0.05) is 19.3 Å². The van der Waals surface area contributed by atoms with Crippen molar-refractivity contribution in [1.82, 2.24) is 9.88 Å². The summed E-state index contributed by atoms with van der Waals surface area (Å²) in [5.74, 6) is -1.66. The summed E-state index contributed by atoms with van der Waals surface area (Å²) in [6, 6.07) is 7.16. The molecule has 0 amide bonds. The molecule has 1 atom stereocenters. The van der Waals surface area contributed by atoms with E-state index in [2.05, 4.69) is 14.6 Å². The SMILES string of the molecule is CC(Cc1ccc(OC(F)(F)F)c(F)c1)CN(C)Cc1ccc(Cl)nc1. The molecule has 0 aliphatic rings. The summed E-state index contributed by atoms with van der Waals surface area (Å²) in [5.41, 5.74) is 1.63. The molecule has 0 saturated heterocycles. The van der Waals surface area contributed by atoms with Crippen molar-refractivity contribution in [3.63, 3.8) is 0 Å². The fraction of sp³-hybridized carbons (Fsp3) is 0.389. The van der Waals surface area contributed by atoms with Crippen LogP contribution in [0.25, 0.3) is 0 Å². The molecular weight excluding hydrogens is 372 g/mol. The summed E-state index contributed by atoms with van der Waals surface area (Å²) in [4.78, 5) is 6.12. The molecule has 0 spiro atoms. The minimum atomic E-state index is -4.91. The van der Waals surface area contributed by atoms with Gasteiger partial charge in [0.2, 0.25) is 0 Å². The molecule has 0 fully saturated rings. The van der Waals surface area contributed by atoms with Crippen LogP contribution in [0.5, 0.6) is 5.75 Å². The van der Waals surface area contributed by atoms with Crippen LogP contribution in [0.2, 0.25) is 5.15 Å². The Morgan fingerprint density at radius 2 is 1.88 bits per heavy atom. The molecule has 0 N–H and O–H groups in total. The summed E-state index contributed by atoms with van der Waals surface area (Å²) in [5, 5.41) is 0.435. The lowest BCUT2D eigenvalue weighted by Crippen LogP contribution is -2.25. The van der Waals surface area contributed by atoms with E-state index in [9.17, 15) is 17.6 Å². The number of alkyl halides is 3. The van der Waals surface area contributed by atoms with E-state index in [0.29, 0.717) is 23.7 Å². The first-order chi connectivity index (χ1) is 12.1. The first-order valence-corrected chi connectivity index (χ1v) is 8.33. The summed E-state index contributed by atoms with van der Waals surface area (Å²) >= 11 is 5.76. The molecular formula is C18H19ClF4N2O. The van der Waals surface area contributed by atoms with Crippen LogP contribution in [0, 0.1) is 11.7 Å². The lowest BCUT2D eigenvalue weighted by molar-refractivity contribution is -0.275. The Hall–Kier alpha value is -1.86. The summed E-state index contributed by atoms with van der Waals surface area (Å²) in [6.07, 6.45) is -2.67. The Morgan fingerprint density at radius 3 is 2.46 bits per heavy atom. The minimum Gasteiger partial charge on any atom is -0.403 e. The van der Waals surface area contributed by atoms with Crippen LogP contribution in [0.3, 0.4) is 0 Å². The first-order valence-electron chi connectivity index (χ1n) is 7.95. The van der Waals surface area contributed by atoms with Gasteiger partial charge in [0.15, 0.2) is 11.6 Å². The normalized spacial score (nSPS) is 13.1. The van der Waals surface area contributed by atoms with Crippen molar-refractivity contribution in [2.75, 3.05) is 13.6 Å². The van der Waals surface area contributed by atoms with Gasteiger partial charge in [-0.3, -0.25) is 0 Å². The highest BCUT2D eigenvalue weighted by Gasteiger charge is 2.32. The van der Waals surface area contributed by atoms with E-state index in [0.717, 1.165) is 24.2 Å². The molecule has 1 aromatic heterocycles. The fourth-order valence-corrected chi connectivity index (χ4v) is 2.87. The van der Waals surface area contributed by atoms with Crippen molar-refractivity contribution >= 4 is 11.6 Å². The Morgan fingerprint density at radius 1 is 1.19 bits per heavy atom. The van der Waals surface area contributed by atoms with Gasteiger partial charge < -0.3 is 9.64 Å². The molecule has 26 heavy (non-hydrogen) atoms. The van der Waals surface area contributed by atoms with Gasteiger partial charge in [-0.05, 0) is 48.7 Å². The lowest BCUT2D eigenvalue weighted by atomic mass is 10.0. The number of ether oxygens (including phenoxy) is 1. The second-order valence-electron chi connectivity index (χ2n) is 6.31. The second kappa shape index (κ2) is 8.68. The van der Waals surface area contributed by atoms with Crippen LogP contribution in [-0.4, -0.2) is 29.8 Å². The third-order valence-corrected chi connectivity index (χ3v) is 3.89. The first kappa shape index (κ1) is 20.5. The summed E-state index contributed by atoms with van der Waals surface area (Å²) < 4.78 is 53.9. The van der Waals surface area contributed by atoms with Gasteiger partial charge in [0.25, 0.3) is 0 Å².